The van der Waals surface area contributed by atoms with Gasteiger partial charge in [0.1, 0.15) is 0 Å². The van der Waals surface area contributed by atoms with Gasteiger partial charge in [0.2, 0.25) is 0 Å². The van der Waals surface area contributed by atoms with E-state index >= 15 is 0 Å². The van der Waals surface area contributed by atoms with Gasteiger partial charge in [-0.3, -0.25) is 14.8 Å². The van der Waals surface area contributed by atoms with Gasteiger partial charge in [0, 0.05) is 44.1 Å². The van der Waals surface area contributed by atoms with Gasteiger partial charge in [-0.05, 0) is 42.5 Å². The maximum atomic E-state index is 12.5. The van der Waals surface area contributed by atoms with Crippen LogP contribution >= 0.6 is 0 Å². The van der Waals surface area contributed by atoms with E-state index in [2.05, 4.69) is 55.8 Å². The molecule has 3 aromatic rings. The summed E-state index contributed by atoms with van der Waals surface area (Å²) in [7, 11) is 1.43. The number of aryl methyl sites for hydroxylation is 1. The summed E-state index contributed by atoms with van der Waals surface area (Å²) in [5.41, 5.74) is 3.38. The highest BCUT2D eigenvalue weighted by Gasteiger charge is 2.46. The van der Waals surface area contributed by atoms with E-state index in [0.717, 1.165) is 56.1 Å². The molecule has 0 radical (unpaired) electrons. The molecule has 0 aliphatic carbocycles. The molecule has 2 aromatic heterocycles. The number of carbonyl (C=O) groups is 3. The SMILES string of the molecule is CCc1ccc(CN2CCC3(CC2)CN(C(=O)OC)Cc2nnc(-c4cccnc4)n23)cc1.O=C(O)C(F)(F)F.O=C(O)C(F)(F)F. The number of nitrogens with zero attached hydrogens (tertiary/aromatic N) is 6. The maximum Gasteiger partial charge on any atom is 0.490 e. The lowest BCUT2D eigenvalue weighted by Crippen LogP contribution is -2.57. The molecule has 256 valence electrons. The van der Waals surface area contributed by atoms with Crippen molar-refractivity contribution in [3.63, 3.8) is 0 Å². The normalized spacial score (nSPS) is 15.8. The molecule has 2 aliphatic heterocycles. The quantitative estimate of drug-likeness (QED) is 0.372. The fourth-order valence-electron chi connectivity index (χ4n) is 5.16. The van der Waals surface area contributed by atoms with Crippen molar-refractivity contribution < 1.29 is 55.7 Å². The maximum absolute atomic E-state index is 12.5. The monoisotopic (exact) mass is 674 g/mol. The Morgan fingerprint density at radius 3 is 1.94 bits per heavy atom. The number of amides is 1. The largest absolute Gasteiger partial charge is 0.490 e. The second kappa shape index (κ2) is 15.2. The van der Waals surface area contributed by atoms with Crippen LogP contribution < -0.4 is 0 Å². The first-order chi connectivity index (χ1) is 22.0. The molecule has 2 aliphatic rings. The number of ether oxygens (including phenoxy) is 1. The van der Waals surface area contributed by atoms with Crippen molar-refractivity contribution >= 4 is 18.0 Å². The molecular weight excluding hydrogens is 642 g/mol. The van der Waals surface area contributed by atoms with Gasteiger partial charge >= 0.3 is 30.4 Å². The minimum absolute atomic E-state index is 0.265. The average molecular weight is 675 g/mol. The number of carbonyl (C=O) groups excluding carboxylic acids is 1. The number of fused-ring (bicyclic) bond motifs is 2. The Hall–Kier alpha value is -4.74. The molecule has 0 bridgehead atoms. The smallest absolute Gasteiger partial charge is 0.475 e. The zero-order valence-corrected chi connectivity index (χ0v) is 25.3. The van der Waals surface area contributed by atoms with Gasteiger partial charge in [-0.2, -0.15) is 26.3 Å². The number of piperidine rings is 1. The molecule has 47 heavy (non-hydrogen) atoms. The highest BCUT2D eigenvalue weighted by atomic mass is 19.4. The molecule has 12 nitrogen and oxygen atoms in total. The van der Waals surface area contributed by atoms with Crippen LogP contribution in [0.4, 0.5) is 31.1 Å². The molecule has 18 heteroatoms. The molecule has 0 saturated carbocycles. The van der Waals surface area contributed by atoms with Crippen molar-refractivity contribution in [2.24, 2.45) is 0 Å². The highest BCUT2D eigenvalue weighted by molar-refractivity contribution is 5.73. The molecule has 4 heterocycles. The summed E-state index contributed by atoms with van der Waals surface area (Å²) in [6, 6.07) is 12.8. The topological polar surface area (TPSA) is 151 Å². The second-order valence-electron chi connectivity index (χ2n) is 10.6. The third-order valence-corrected chi connectivity index (χ3v) is 7.48. The van der Waals surface area contributed by atoms with E-state index in [0.29, 0.717) is 13.1 Å². The Labute approximate surface area is 264 Å². The summed E-state index contributed by atoms with van der Waals surface area (Å²) in [5.74, 6) is -3.89. The first-order valence-electron chi connectivity index (χ1n) is 14.1. The molecule has 1 amide bonds. The number of likely N-dealkylation sites (tertiary alicyclic amines) is 1. The summed E-state index contributed by atoms with van der Waals surface area (Å²) in [5, 5.41) is 23.2. The van der Waals surface area contributed by atoms with Crippen LogP contribution in [-0.4, -0.2) is 96.9 Å². The van der Waals surface area contributed by atoms with Crippen LogP contribution in [0.25, 0.3) is 11.4 Å². The Bertz CT molecular complexity index is 1480. The Balaban J connectivity index is 0.000000360. The zero-order valence-electron chi connectivity index (χ0n) is 25.3. The number of carboxylic acids is 2. The third-order valence-electron chi connectivity index (χ3n) is 7.48. The van der Waals surface area contributed by atoms with E-state index in [1.54, 1.807) is 11.1 Å². The lowest BCUT2D eigenvalue weighted by molar-refractivity contribution is -0.193. The van der Waals surface area contributed by atoms with Crippen LogP contribution in [0.3, 0.4) is 0 Å². The van der Waals surface area contributed by atoms with Crippen LogP contribution in [0.1, 0.15) is 36.7 Å². The number of hydrogen-bond donors (Lipinski definition) is 2. The summed E-state index contributed by atoms with van der Waals surface area (Å²) < 4.78 is 70.8. The number of aliphatic carboxylic acids is 2. The third kappa shape index (κ3) is 9.63. The van der Waals surface area contributed by atoms with Gasteiger partial charge in [0.25, 0.3) is 0 Å². The van der Waals surface area contributed by atoms with Crippen molar-refractivity contribution in [1.82, 2.24) is 29.5 Å². The van der Waals surface area contributed by atoms with Crippen LogP contribution in [0.5, 0.6) is 0 Å². The molecule has 0 unspecified atom stereocenters. The Morgan fingerprint density at radius 1 is 0.915 bits per heavy atom. The van der Waals surface area contributed by atoms with Crippen molar-refractivity contribution in [3.05, 3.63) is 65.7 Å². The van der Waals surface area contributed by atoms with Crippen LogP contribution in [0, 0.1) is 0 Å². The summed E-state index contributed by atoms with van der Waals surface area (Å²) in [6.45, 7) is 5.99. The van der Waals surface area contributed by atoms with Crippen molar-refractivity contribution in [2.75, 3.05) is 26.7 Å². The summed E-state index contributed by atoms with van der Waals surface area (Å²) >= 11 is 0. The highest BCUT2D eigenvalue weighted by Crippen LogP contribution is 2.39. The number of pyridine rings is 1. The van der Waals surface area contributed by atoms with Gasteiger partial charge in [-0.15, -0.1) is 10.2 Å². The number of alkyl halides is 6. The predicted molar refractivity (Wildman–Crippen MR) is 152 cm³/mol. The average Bonchev–Trinajstić information content (AvgIpc) is 3.47. The van der Waals surface area contributed by atoms with Gasteiger partial charge in [-0.25, -0.2) is 14.4 Å². The first-order valence-corrected chi connectivity index (χ1v) is 14.1. The van der Waals surface area contributed by atoms with Gasteiger partial charge in [0.15, 0.2) is 11.6 Å². The number of methoxy groups -OCH3 is 1. The van der Waals surface area contributed by atoms with Crippen molar-refractivity contribution in [1.29, 1.82) is 0 Å². The minimum atomic E-state index is -5.08. The standard InChI is InChI=1S/C25H30N6O2.2C2HF3O2/c1-3-19-6-8-20(9-7-19)16-29-13-10-25(11-14-29)18-30(24(32)33-2)17-22-27-28-23(31(22)25)21-5-4-12-26-15-21;2*3-2(4,5)1(6)7/h4-9,12,15H,3,10-11,13-14,16-18H2,1-2H3;2*(H,6,7). The van der Waals surface area contributed by atoms with Crippen LogP contribution in [0.2, 0.25) is 0 Å². The van der Waals surface area contributed by atoms with Crippen LogP contribution in [0.15, 0.2) is 48.8 Å². The van der Waals surface area contributed by atoms with Gasteiger partial charge in [-0.1, -0.05) is 31.2 Å². The minimum Gasteiger partial charge on any atom is -0.475 e. The van der Waals surface area contributed by atoms with Gasteiger partial charge in [0.05, 0.1) is 19.2 Å². The van der Waals surface area contributed by atoms with E-state index in [-0.39, 0.29) is 11.6 Å². The van der Waals surface area contributed by atoms with Gasteiger partial charge < -0.3 is 19.5 Å². The van der Waals surface area contributed by atoms with E-state index in [1.807, 2.05) is 18.3 Å². The van der Waals surface area contributed by atoms with E-state index < -0.39 is 24.3 Å². The van der Waals surface area contributed by atoms with E-state index in [4.69, 9.17) is 24.5 Å². The van der Waals surface area contributed by atoms with Crippen molar-refractivity contribution in [3.8, 4) is 11.4 Å². The molecule has 1 fully saturated rings. The number of benzene rings is 1. The number of aromatic nitrogens is 4. The number of carboxylic acid groups (broad SMARTS) is 2. The predicted octanol–water partition coefficient (Wildman–Crippen LogP) is 4.74. The number of hydrogen-bond acceptors (Lipinski definition) is 8. The molecule has 1 aromatic carbocycles. The molecule has 0 atom stereocenters. The fraction of sp³-hybridized carbons (Fsp3) is 0.448. The van der Waals surface area contributed by atoms with E-state index in [9.17, 15) is 31.1 Å². The molecule has 1 spiro atoms. The van der Waals surface area contributed by atoms with Crippen LogP contribution in [-0.2, 0) is 39.4 Å². The lowest BCUT2D eigenvalue weighted by Gasteiger charge is -2.48. The number of halogens is 6. The lowest BCUT2D eigenvalue weighted by atomic mass is 9.84. The molecule has 2 N–H and O–H groups in total. The second-order valence-corrected chi connectivity index (χ2v) is 10.6. The zero-order chi connectivity index (χ0) is 35.0. The van der Waals surface area contributed by atoms with Crippen molar-refractivity contribution in [2.45, 2.75) is 57.2 Å². The fourth-order valence-corrected chi connectivity index (χ4v) is 5.16. The number of rotatable bonds is 4. The summed E-state index contributed by atoms with van der Waals surface area (Å²) in [6.07, 6.45) is -4.02. The Morgan fingerprint density at radius 2 is 1.47 bits per heavy atom. The molecule has 1 saturated heterocycles. The Kier molecular flexibility index (Phi) is 11.9. The first kappa shape index (κ1) is 36.7. The van der Waals surface area contributed by atoms with E-state index in [1.165, 1.54) is 18.2 Å². The molecule has 5 rings (SSSR count). The summed E-state index contributed by atoms with van der Waals surface area (Å²) in [4.78, 5) is 38.8. The molecular formula is C29H32F6N6O6.